The summed E-state index contributed by atoms with van der Waals surface area (Å²) < 4.78 is 11.1. The summed E-state index contributed by atoms with van der Waals surface area (Å²) in [6, 6.07) is 19.5. The molecule has 0 heterocycles. The van der Waals surface area contributed by atoms with Gasteiger partial charge in [0.2, 0.25) is 6.10 Å². The van der Waals surface area contributed by atoms with E-state index in [4.69, 9.17) is 9.47 Å². The Kier molecular flexibility index (Phi) is 7.17. The predicted molar refractivity (Wildman–Crippen MR) is 119 cm³/mol. The maximum atomic E-state index is 13.1. The van der Waals surface area contributed by atoms with Crippen molar-refractivity contribution in [3.8, 4) is 5.75 Å². The minimum absolute atomic E-state index is 0.0225. The van der Waals surface area contributed by atoms with Crippen molar-refractivity contribution in [2.75, 3.05) is 11.9 Å². The molecule has 0 aliphatic heterocycles. The number of ether oxygens (including phenoxy) is 2. The first-order valence-electron chi connectivity index (χ1n) is 9.94. The summed E-state index contributed by atoms with van der Waals surface area (Å²) in [5.74, 6) is -0.954. The van der Waals surface area contributed by atoms with E-state index in [9.17, 15) is 19.7 Å². The largest absolute Gasteiger partial charge is 0.492 e. The molecule has 0 bridgehead atoms. The molecule has 8 nitrogen and oxygen atoms in total. The molecule has 3 rings (SSSR count). The van der Waals surface area contributed by atoms with E-state index in [0.717, 1.165) is 6.07 Å². The quantitative estimate of drug-likeness (QED) is 0.309. The molecule has 1 amide bonds. The number of hydrogen-bond donors (Lipinski definition) is 1. The van der Waals surface area contributed by atoms with Gasteiger partial charge in [-0.25, -0.2) is 4.79 Å². The number of benzene rings is 3. The van der Waals surface area contributed by atoms with E-state index in [2.05, 4.69) is 5.32 Å². The zero-order chi connectivity index (χ0) is 23.1. The third-order valence-electron chi connectivity index (χ3n) is 4.65. The lowest BCUT2D eigenvalue weighted by Crippen LogP contribution is -2.26. The number of esters is 1. The number of nitro benzene ring substituents is 1. The summed E-state index contributed by atoms with van der Waals surface area (Å²) in [4.78, 5) is 36.5. The van der Waals surface area contributed by atoms with E-state index in [0.29, 0.717) is 29.2 Å². The standard InChI is InChI=1S/C24H22N2O6/c1-3-31-21-12-8-7-11-19(21)25-23(27)22(17-9-5-4-6-10-17)32-24(28)18-14-13-16(2)20(15-18)26(29)30/h4-15,22H,3H2,1-2H3,(H,25,27). The molecule has 8 heteroatoms. The third kappa shape index (κ3) is 5.28. The van der Waals surface area contributed by atoms with Gasteiger partial charge in [0.25, 0.3) is 11.6 Å². The molecule has 1 unspecified atom stereocenters. The van der Waals surface area contributed by atoms with Crippen LogP contribution in [0.4, 0.5) is 11.4 Å². The van der Waals surface area contributed by atoms with Crippen molar-refractivity contribution in [3.05, 3.63) is 99.6 Å². The van der Waals surface area contributed by atoms with Gasteiger partial charge in [0.15, 0.2) is 0 Å². The molecule has 3 aromatic rings. The molecule has 3 aromatic carbocycles. The number of para-hydroxylation sites is 2. The van der Waals surface area contributed by atoms with Gasteiger partial charge in [-0.3, -0.25) is 14.9 Å². The Balaban J connectivity index is 1.89. The van der Waals surface area contributed by atoms with Gasteiger partial charge in [0, 0.05) is 17.2 Å². The number of rotatable bonds is 8. The summed E-state index contributed by atoms with van der Waals surface area (Å²) in [6.45, 7) is 3.81. The lowest BCUT2D eigenvalue weighted by atomic mass is 10.1. The Morgan fingerprint density at radius 2 is 1.72 bits per heavy atom. The van der Waals surface area contributed by atoms with E-state index in [1.54, 1.807) is 61.5 Å². The van der Waals surface area contributed by atoms with Crippen LogP contribution in [0.2, 0.25) is 0 Å². The smallest absolute Gasteiger partial charge is 0.339 e. The number of carbonyl (C=O) groups excluding carboxylic acids is 2. The molecule has 0 spiro atoms. The maximum Gasteiger partial charge on any atom is 0.339 e. The molecule has 0 saturated carbocycles. The number of hydrogen-bond acceptors (Lipinski definition) is 6. The van der Waals surface area contributed by atoms with Crippen LogP contribution >= 0.6 is 0 Å². The number of nitrogens with zero attached hydrogens (tertiary/aromatic N) is 1. The molecule has 0 aromatic heterocycles. The highest BCUT2D eigenvalue weighted by molar-refractivity contribution is 5.99. The molecule has 0 fully saturated rings. The Hall–Kier alpha value is -4.20. The molecule has 0 aliphatic carbocycles. The first-order chi connectivity index (χ1) is 15.4. The number of aryl methyl sites for hydroxylation is 1. The van der Waals surface area contributed by atoms with Gasteiger partial charge in [0.1, 0.15) is 5.75 Å². The normalized spacial score (nSPS) is 11.3. The molecule has 0 saturated heterocycles. The zero-order valence-corrected chi connectivity index (χ0v) is 17.6. The topological polar surface area (TPSA) is 108 Å². The lowest BCUT2D eigenvalue weighted by Gasteiger charge is -2.19. The van der Waals surface area contributed by atoms with Crippen LogP contribution in [-0.2, 0) is 9.53 Å². The summed E-state index contributed by atoms with van der Waals surface area (Å²) in [5.41, 5.74) is 1.07. The number of anilines is 1. The molecule has 1 atom stereocenters. The summed E-state index contributed by atoms with van der Waals surface area (Å²) >= 11 is 0. The van der Waals surface area contributed by atoms with Crippen LogP contribution in [0.3, 0.4) is 0 Å². The number of carbonyl (C=O) groups is 2. The van der Waals surface area contributed by atoms with Gasteiger partial charge < -0.3 is 14.8 Å². The van der Waals surface area contributed by atoms with Gasteiger partial charge >= 0.3 is 5.97 Å². The molecular formula is C24H22N2O6. The average molecular weight is 434 g/mol. The van der Waals surface area contributed by atoms with Gasteiger partial charge in [-0.2, -0.15) is 0 Å². The fourth-order valence-electron chi connectivity index (χ4n) is 3.06. The maximum absolute atomic E-state index is 13.1. The Morgan fingerprint density at radius 1 is 1.03 bits per heavy atom. The number of nitro groups is 1. The van der Waals surface area contributed by atoms with Crippen molar-refractivity contribution in [1.29, 1.82) is 0 Å². The van der Waals surface area contributed by atoms with E-state index in [1.807, 2.05) is 6.92 Å². The summed E-state index contributed by atoms with van der Waals surface area (Å²) in [7, 11) is 0. The molecule has 164 valence electrons. The highest BCUT2D eigenvalue weighted by atomic mass is 16.6. The molecule has 32 heavy (non-hydrogen) atoms. The second kappa shape index (κ2) is 10.2. The van der Waals surface area contributed by atoms with Gasteiger partial charge in [-0.15, -0.1) is 0 Å². The second-order valence-corrected chi connectivity index (χ2v) is 6.87. The second-order valence-electron chi connectivity index (χ2n) is 6.87. The van der Waals surface area contributed by atoms with Crippen LogP contribution in [-0.4, -0.2) is 23.4 Å². The summed E-state index contributed by atoms with van der Waals surface area (Å²) in [5, 5.41) is 14.0. The Bertz CT molecular complexity index is 1130. The SMILES string of the molecule is CCOc1ccccc1NC(=O)C(OC(=O)c1ccc(C)c([N+](=O)[O-])c1)c1ccccc1. The van der Waals surface area contributed by atoms with Crippen LogP contribution in [0, 0.1) is 17.0 Å². The van der Waals surface area contributed by atoms with E-state index >= 15 is 0 Å². The van der Waals surface area contributed by atoms with Gasteiger partial charge in [-0.05, 0) is 32.0 Å². The lowest BCUT2D eigenvalue weighted by molar-refractivity contribution is -0.385. The zero-order valence-electron chi connectivity index (χ0n) is 17.6. The van der Waals surface area contributed by atoms with Crippen LogP contribution < -0.4 is 10.1 Å². The fourth-order valence-corrected chi connectivity index (χ4v) is 3.06. The Morgan fingerprint density at radius 3 is 2.41 bits per heavy atom. The minimum atomic E-state index is -1.28. The molecular weight excluding hydrogens is 412 g/mol. The van der Waals surface area contributed by atoms with Crippen molar-refractivity contribution in [2.45, 2.75) is 20.0 Å². The highest BCUT2D eigenvalue weighted by Gasteiger charge is 2.27. The highest BCUT2D eigenvalue weighted by Crippen LogP contribution is 2.28. The van der Waals surface area contributed by atoms with E-state index in [-0.39, 0.29) is 11.3 Å². The predicted octanol–water partition coefficient (Wildman–Crippen LogP) is 4.84. The molecule has 0 radical (unpaired) electrons. The van der Waals surface area contributed by atoms with Gasteiger partial charge in [0.05, 0.1) is 22.8 Å². The molecule has 0 aliphatic rings. The van der Waals surface area contributed by atoms with Crippen molar-refractivity contribution < 1.29 is 24.0 Å². The van der Waals surface area contributed by atoms with E-state index in [1.165, 1.54) is 12.1 Å². The Labute approximate surface area is 184 Å². The number of nitrogens with one attached hydrogen (secondary N) is 1. The van der Waals surface area contributed by atoms with Crippen molar-refractivity contribution >= 4 is 23.3 Å². The molecule has 1 N–H and O–H groups in total. The average Bonchev–Trinajstić information content (AvgIpc) is 2.79. The van der Waals surface area contributed by atoms with Crippen LogP contribution in [0.25, 0.3) is 0 Å². The first kappa shape index (κ1) is 22.5. The van der Waals surface area contributed by atoms with Crippen molar-refractivity contribution in [2.24, 2.45) is 0 Å². The van der Waals surface area contributed by atoms with Crippen LogP contribution in [0.1, 0.15) is 34.5 Å². The van der Waals surface area contributed by atoms with E-state index < -0.39 is 22.9 Å². The minimum Gasteiger partial charge on any atom is -0.492 e. The van der Waals surface area contributed by atoms with Crippen molar-refractivity contribution in [3.63, 3.8) is 0 Å². The number of amides is 1. The van der Waals surface area contributed by atoms with Crippen molar-refractivity contribution in [1.82, 2.24) is 0 Å². The third-order valence-corrected chi connectivity index (χ3v) is 4.65. The van der Waals surface area contributed by atoms with Crippen LogP contribution in [0.5, 0.6) is 5.75 Å². The first-order valence-corrected chi connectivity index (χ1v) is 9.94. The monoisotopic (exact) mass is 434 g/mol. The van der Waals surface area contributed by atoms with Gasteiger partial charge in [-0.1, -0.05) is 48.5 Å². The fraction of sp³-hybridized carbons (Fsp3) is 0.167. The summed E-state index contributed by atoms with van der Waals surface area (Å²) in [6.07, 6.45) is -1.28. The van der Waals surface area contributed by atoms with Crippen LogP contribution in [0.15, 0.2) is 72.8 Å².